The SMILES string of the molecule is COc1ccc(Br)cc1C(=O)Nc1cccc([N+](=O)[O-])c1C. The van der Waals surface area contributed by atoms with Crippen molar-refractivity contribution >= 4 is 33.2 Å². The van der Waals surface area contributed by atoms with Crippen LogP contribution in [-0.4, -0.2) is 17.9 Å². The monoisotopic (exact) mass is 364 g/mol. The molecule has 0 atom stereocenters. The fourth-order valence-corrected chi connectivity index (χ4v) is 2.37. The number of nitro benzene ring substituents is 1. The third-order valence-corrected chi connectivity index (χ3v) is 3.65. The Kier molecular flexibility index (Phi) is 4.77. The number of nitro groups is 1. The summed E-state index contributed by atoms with van der Waals surface area (Å²) < 4.78 is 5.89. The molecular formula is C15H13BrN2O4. The number of nitrogens with zero attached hydrogens (tertiary/aromatic N) is 1. The lowest BCUT2D eigenvalue weighted by atomic mass is 10.1. The number of amides is 1. The fraction of sp³-hybridized carbons (Fsp3) is 0.133. The van der Waals surface area contributed by atoms with Crippen molar-refractivity contribution in [3.63, 3.8) is 0 Å². The first-order chi connectivity index (χ1) is 10.4. The fourth-order valence-electron chi connectivity index (χ4n) is 2.00. The molecule has 114 valence electrons. The van der Waals surface area contributed by atoms with Gasteiger partial charge in [-0.05, 0) is 31.2 Å². The Hall–Kier alpha value is -2.41. The first-order valence-electron chi connectivity index (χ1n) is 6.33. The molecule has 0 aliphatic rings. The Balaban J connectivity index is 2.36. The van der Waals surface area contributed by atoms with Gasteiger partial charge in [0.05, 0.1) is 28.8 Å². The summed E-state index contributed by atoms with van der Waals surface area (Å²) >= 11 is 3.30. The molecule has 1 amide bonds. The van der Waals surface area contributed by atoms with Gasteiger partial charge in [-0.3, -0.25) is 14.9 Å². The van der Waals surface area contributed by atoms with Crippen molar-refractivity contribution in [1.29, 1.82) is 0 Å². The number of ether oxygens (including phenoxy) is 1. The highest BCUT2D eigenvalue weighted by Crippen LogP contribution is 2.28. The van der Waals surface area contributed by atoms with Crippen LogP contribution < -0.4 is 10.1 Å². The normalized spacial score (nSPS) is 10.1. The molecule has 6 nitrogen and oxygen atoms in total. The third kappa shape index (κ3) is 3.25. The molecule has 0 aromatic heterocycles. The molecule has 0 bridgehead atoms. The van der Waals surface area contributed by atoms with Crippen LogP contribution in [0.25, 0.3) is 0 Å². The van der Waals surface area contributed by atoms with Crippen molar-refractivity contribution in [3.8, 4) is 5.75 Å². The molecule has 0 aliphatic heterocycles. The van der Waals surface area contributed by atoms with Crippen molar-refractivity contribution in [2.45, 2.75) is 6.92 Å². The lowest BCUT2D eigenvalue weighted by Crippen LogP contribution is -2.14. The zero-order chi connectivity index (χ0) is 16.3. The molecule has 0 heterocycles. The Labute approximate surface area is 135 Å². The van der Waals surface area contributed by atoms with Crippen LogP contribution in [0, 0.1) is 17.0 Å². The van der Waals surface area contributed by atoms with Gasteiger partial charge in [0.2, 0.25) is 0 Å². The zero-order valence-electron chi connectivity index (χ0n) is 11.9. The smallest absolute Gasteiger partial charge is 0.274 e. The lowest BCUT2D eigenvalue weighted by Gasteiger charge is -2.11. The number of halogens is 1. The number of methoxy groups -OCH3 is 1. The highest BCUT2D eigenvalue weighted by molar-refractivity contribution is 9.10. The van der Waals surface area contributed by atoms with E-state index in [4.69, 9.17) is 4.74 Å². The molecule has 2 aromatic carbocycles. The minimum absolute atomic E-state index is 0.0426. The van der Waals surface area contributed by atoms with Crippen molar-refractivity contribution in [1.82, 2.24) is 0 Å². The number of anilines is 1. The molecule has 0 saturated carbocycles. The van der Waals surface area contributed by atoms with Gasteiger partial charge < -0.3 is 10.1 Å². The van der Waals surface area contributed by atoms with Crippen molar-refractivity contribution in [3.05, 3.63) is 62.1 Å². The van der Waals surface area contributed by atoms with Gasteiger partial charge in [-0.2, -0.15) is 0 Å². The topological polar surface area (TPSA) is 81.5 Å². The van der Waals surface area contributed by atoms with Gasteiger partial charge in [0, 0.05) is 10.5 Å². The summed E-state index contributed by atoms with van der Waals surface area (Å²) in [5, 5.41) is 13.6. The average Bonchev–Trinajstić information content (AvgIpc) is 2.49. The highest BCUT2D eigenvalue weighted by atomic mass is 79.9. The summed E-state index contributed by atoms with van der Waals surface area (Å²) in [6.45, 7) is 1.59. The van der Waals surface area contributed by atoms with Gasteiger partial charge in [-0.1, -0.05) is 22.0 Å². The van der Waals surface area contributed by atoms with E-state index in [1.165, 1.54) is 19.2 Å². The number of nitrogens with one attached hydrogen (secondary N) is 1. The molecule has 2 aromatic rings. The molecule has 0 radical (unpaired) electrons. The Morgan fingerprint density at radius 2 is 2.05 bits per heavy atom. The molecule has 0 unspecified atom stereocenters. The number of rotatable bonds is 4. The maximum Gasteiger partial charge on any atom is 0.274 e. The zero-order valence-corrected chi connectivity index (χ0v) is 13.5. The Morgan fingerprint density at radius 3 is 2.68 bits per heavy atom. The van der Waals surface area contributed by atoms with Crippen LogP contribution in [0.4, 0.5) is 11.4 Å². The molecule has 2 rings (SSSR count). The van der Waals surface area contributed by atoms with E-state index in [0.717, 1.165) is 4.47 Å². The van der Waals surface area contributed by atoms with Crippen LogP contribution in [0.2, 0.25) is 0 Å². The van der Waals surface area contributed by atoms with Gasteiger partial charge in [-0.15, -0.1) is 0 Å². The number of carbonyl (C=O) groups excluding carboxylic acids is 1. The van der Waals surface area contributed by atoms with Crippen LogP contribution in [0.15, 0.2) is 40.9 Å². The summed E-state index contributed by atoms with van der Waals surface area (Å²) in [4.78, 5) is 22.9. The van der Waals surface area contributed by atoms with Gasteiger partial charge in [0.1, 0.15) is 5.75 Å². The molecule has 22 heavy (non-hydrogen) atoms. The minimum Gasteiger partial charge on any atom is -0.496 e. The molecule has 0 fully saturated rings. The standard InChI is InChI=1S/C15H13BrN2O4/c1-9-12(4-3-5-13(9)18(20)21)17-15(19)11-8-10(16)6-7-14(11)22-2/h3-8H,1-2H3,(H,17,19). The first-order valence-corrected chi connectivity index (χ1v) is 7.12. The largest absolute Gasteiger partial charge is 0.496 e. The number of benzene rings is 2. The molecule has 0 saturated heterocycles. The predicted molar refractivity (Wildman–Crippen MR) is 86.5 cm³/mol. The Bertz CT molecular complexity index is 746. The summed E-state index contributed by atoms with van der Waals surface area (Å²) in [7, 11) is 1.47. The predicted octanol–water partition coefficient (Wildman–Crippen LogP) is 3.93. The van der Waals surface area contributed by atoms with E-state index < -0.39 is 10.8 Å². The van der Waals surface area contributed by atoms with E-state index in [9.17, 15) is 14.9 Å². The van der Waals surface area contributed by atoms with Crippen molar-refractivity contribution in [2.24, 2.45) is 0 Å². The summed E-state index contributed by atoms with van der Waals surface area (Å²) in [6.07, 6.45) is 0. The van der Waals surface area contributed by atoms with Crippen LogP contribution in [0.3, 0.4) is 0 Å². The average molecular weight is 365 g/mol. The summed E-state index contributed by atoms with van der Waals surface area (Å²) in [6, 6.07) is 9.59. The number of hydrogen-bond acceptors (Lipinski definition) is 4. The maximum atomic E-state index is 12.4. The van der Waals surface area contributed by atoms with Crippen LogP contribution in [0.5, 0.6) is 5.75 Å². The lowest BCUT2D eigenvalue weighted by molar-refractivity contribution is -0.385. The summed E-state index contributed by atoms with van der Waals surface area (Å²) in [5.41, 5.74) is 1.08. The first kappa shape index (κ1) is 16.0. The maximum absolute atomic E-state index is 12.4. The minimum atomic E-state index is -0.481. The van der Waals surface area contributed by atoms with Crippen LogP contribution in [0.1, 0.15) is 15.9 Å². The van der Waals surface area contributed by atoms with Crippen LogP contribution >= 0.6 is 15.9 Å². The van der Waals surface area contributed by atoms with E-state index >= 15 is 0 Å². The molecular weight excluding hydrogens is 352 g/mol. The second-order valence-electron chi connectivity index (χ2n) is 4.51. The van der Waals surface area contributed by atoms with Crippen molar-refractivity contribution in [2.75, 3.05) is 12.4 Å². The third-order valence-electron chi connectivity index (χ3n) is 3.16. The molecule has 7 heteroatoms. The van der Waals surface area contributed by atoms with E-state index in [2.05, 4.69) is 21.2 Å². The quantitative estimate of drug-likeness (QED) is 0.658. The highest BCUT2D eigenvalue weighted by Gasteiger charge is 2.17. The summed E-state index contributed by atoms with van der Waals surface area (Å²) in [5.74, 6) is 0.0190. The van der Waals surface area contributed by atoms with Gasteiger partial charge >= 0.3 is 0 Å². The number of hydrogen-bond donors (Lipinski definition) is 1. The van der Waals surface area contributed by atoms with Crippen LogP contribution in [-0.2, 0) is 0 Å². The molecule has 1 N–H and O–H groups in total. The molecule has 0 spiro atoms. The van der Waals surface area contributed by atoms with E-state index in [0.29, 0.717) is 22.6 Å². The van der Waals surface area contributed by atoms with Gasteiger partial charge in [0.25, 0.3) is 11.6 Å². The number of carbonyl (C=O) groups is 1. The Morgan fingerprint density at radius 1 is 1.32 bits per heavy atom. The van der Waals surface area contributed by atoms with E-state index in [1.54, 1.807) is 31.2 Å². The van der Waals surface area contributed by atoms with E-state index in [-0.39, 0.29) is 5.69 Å². The second-order valence-corrected chi connectivity index (χ2v) is 5.42. The molecule has 0 aliphatic carbocycles. The van der Waals surface area contributed by atoms with Gasteiger partial charge in [-0.25, -0.2) is 0 Å². The second kappa shape index (κ2) is 6.57. The van der Waals surface area contributed by atoms with Gasteiger partial charge in [0.15, 0.2) is 0 Å². The van der Waals surface area contributed by atoms with E-state index in [1.807, 2.05) is 0 Å². The van der Waals surface area contributed by atoms with Crippen molar-refractivity contribution < 1.29 is 14.5 Å².